The number of hydrogen-bond acceptors (Lipinski definition) is 6. The number of likely N-dealkylation sites (tertiary alicyclic amines) is 1. The van der Waals surface area contributed by atoms with Gasteiger partial charge in [-0.25, -0.2) is 4.79 Å². The van der Waals surface area contributed by atoms with Gasteiger partial charge in [0.2, 0.25) is 11.8 Å². The Bertz CT molecular complexity index is 1320. The van der Waals surface area contributed by atoms with Crippen molar-refractivity contribution in [2.75, 3.05) is 6.54 Å². The maximum Gasteiger partial charge on any atom is 0.408 e. The van der Waals surface area contributed by atoms with Gasteiger partial charge in [-0.3, -0.25) is 14.4 Å². The molecule has 8 nitrogen and oxygen atoms in total. The monoisotopic (exact) mass is 563 g/mol. The lowest BCUT2D eigenvalue weighted by Crippen LogP contribution is -2.57. The Morgan fingerprint density at radius 3 is 2.27 bits per heavy atom. The molecule has 4 rings (SSSR count). The molecule has 1 aromatic heterocycles. The van der Waals surface area contributed by atoms with E-state index in [-0.39, 0.29) is 36.0 Å². The Morgan fingerprint density at radius 1 is 0.925 bits per heavy atom. The molecule has 0 radical (unpaired) electrons. The minimum atomic E-state index is -0.849. The van der Waals surface area contributed by atoms with E-state index >= 15 is 0 Å². The van der Waals surface area contributed by atoms with Crippen LogP contribution in [-0.4, -0.2) is 53.3 Å². The van der Waals surface area contributed by atoms with Gasteiger partial charge in [-0.05, 0) is 47.8 Å². The van der Waals surface area contributed by atoms with Crippen molar-refractivity contribution in [2.45, 2.75) is 65.3 Å². The van der Waals surface area contributed by atoms with Gasteiger partial charge in [0, 0.05) is 11.2 Å². The maximum atomic E-state index is 13.6. The Hall–Kier alpha value is -3.72. The Kier molecular flexibility index (Phi) is 9.58. The first kappa shape index (κ1) is 29.3. The first-order valence-corrected chi connectivity index (χ1v) is 14.6. The van der Waals surface area contributed by atoms with Gasteiger partial charge >= 0.3 is 6.09 Å². The number of nitrogens with zero attached hydrogens (tertiary/aromatic N) is 1. The summed E-state index contributed by atoms with van der Waals surface area (Å²) in [5.41, 5.74) is 0.839. The van der Waals surface area contributed by atoms with E-state index in [1.165, 1.54) is 16.2 Å². The van der Waals surface area contributed by atoms with Crippen LogP contribution in [0, 0.1) is 11.8 Å². The zero-order valence-corrected chi connectivity index (χ0v) is 24.2. The number of Topliss-reactive ketones (excluding diaryl/α,β-unsaturated/α-hetero) is 1. The zero-order chi connectivity index (χ0) is 28.8. The van der Waals surface area contributed by atoms with Crippen LogP contribution in [0.15, 0.2) is 60.7 Å². The molecule has 2 N–H and O–H groups in total. The third-order valence-electron chi connectivity index (χ3n) is 7.17. The number of carbonyl (C=O) groups excluding carboxylic acids is 4. The maximum absolute atomic E-state index is 13.6. The number of alkyl carbamates (subject to hydrolysis) is 1. The van der Waals surface area contributed by atoms with Crippen molar-refractivity contribution in [3.05, 3.63) is 71.1 Å². The minimum Gasteiger partial charge on any atom is -0.445 e. The summed E-state index contributed by atoms with van der Waals surface area (Å²) in [5.74, 6) is -1.19. The van der Waals surface area contributed by atoms with Crippen LogP contribution in [0.25, 0.3) is 10.1 Å². The lowest BCUT2D eigenvalue weighted by molar-refractivity contribution is -0.141. The van der Waals surface area contributed by atoms with E-state index in [1.807, 2.05) is 88.4 Å². The number of ketones is 1. The Morgan fingerprint density at radius 2 is 1.60 bits per heavy atom. The molecule has 1 aliphatic rings. The fourth-order valence-corrected chi connectivity index (χ4v) is 5.97. The van der Waals surface area contributed by atoms with Gasteiger partial charge in [0.05, 0.1) is 10.9 Å². The standard InChI is InChI=1S/C31H37N3O5S/c1-19(2)26(28(35)25-17-22-13-8-9-15-24(22)40-25)32-29(36)23-14-10-16-34(23)30(37)27(20(3)4)33-31(38)39-18-21-11-6-5-7-12-21/h5-9,11-13,15,17,19-20,23,26-27H,10,14,16,18H2,1-4H3,(H,32,36)(H,33,38)/t23-,26-,27-/m0/s1. The third-order valence-corrected chi connectivity index (χ3v) is 8.30. The van der Waals surface area contributed by atoms with Gasteiger partial charge in [-0.15, -0.1) is 11.3 Å². The lowest BCUT2D eigenvalue weighted by atomic mass is 9.97. The van der Waals surface area contributed by atoms with E-state index in [2.05, 4.69) is 10.6 Å². The molecule has 0 aliphatic carbocycles. The second kappa shape index (κ2) is 13.1. The highest BCUT2D eigenvalue weighted by Crippen LogP contribution is 2.28. The van der Waals surface area contributed by atoms with Gasteiger partial charge in [0.25, 0.3) is 0 Å². The molecule has 40 heavy (non-hydrogen) atoms. The molecule has 0 saturated carbocycles. The third kappa shape index (κ3) is 6.88. The number of hydrogen-bond donors (Lipinski definition) is 2. The predicted molar refractivity (Wildman–Crippen MR) is 156 cm³/mol. The second-order valence-corrected chi connectivity index (χ2v) is 11.9. The van der Waals surface area contributed by atoms with Crippen LogP contribution in [0.2, 0.25) is 0 Å². The van der Waals surface area contributed by atoms with Gasteiger partial charge in [-0.2, -0.15) is 0 Å². The smallest absolute Gasteiger partial charge is 0.408 e. The summed E-state index contributed by atoms with van der Waals surface area (Å²) >= 11 is 1.41. The first-order valence-electron chi connectivity index (χ1n) is 13.8. The lowest BCUT2D eigenvalue weighted by Gasteiger charge is -2.31. The second-order valence-electron chi connectivity index (χ2n) is 10.9. The molecule has 3 atom stereocenters. The molecule has 9 heteroatoms. The van der Waals surface area contributed by atoms with Crippen LogP contribution >= 0.6 is 11.3 Å². The summed E-state index contributed by atoms with van der Waals surface area (Å²) in [6, 6.07) is 16.7. The van der Waals surface area contributed by atoms with Crippen molar-refractivity contribution in [1.82, 2.24) is 15.5 Å². The predicted octanol–water partition coefficient (Wildman–Crippen LogP) is 5.17. The normalized spacial score (nSPS) is 16.6. The van der Waals surface area contributed by atoms with E-state index < -0.39 is 24.2 Å². The van der Waals surface area contributed by atoms with E-state index in [0.717, 1.165) is 15.6 Å². The number of fused-ring (bicyclic) bond motifs is 1. The molecule has 1 fully saturated rings. The summed E-state index contributed by atoms with van der Waals surface area (Å²) in [7, 11) is 0. The van der Waals surface area contributed by atoms with Crippen molar-refractivity contribution in [3.63, 3.8) is 0 Å². The number of rotatable bonds is 10. The molecule has 212 valence electrons. The number of nitrogens with one attached hydrogen (secondary N) is 2. The van der Waals surface area contributed by atoms with E-state index in [9.17, 15) is 19.2 Å². The molecule has 3 aromatic rings. The Balaban J connectivity index is 1.42. The Labute approximate surface area is 239 Å². The van der Waals surface area contributed by atoms with Crippen molar-refractivity contribution in [3.8, 4) is 0 Å². The number of ether oxygens (including phenoxy) is 1. The van der Waals surface area contributed by atoms with E-state index in [0.29, 0.717) is 24.3 Å². The highest BCUT2D eigenvalue weighted by atomic mass is 32.1. The van der Waals surface area contributed by atoms with Crippen LogP contribution in [-0.2, 0) is 20.9 Å². The number of thiophene rings is 1. The van der Waals surface area contributed by atoms with Gasteiger partial charge in [-0.1, -0.05) is 76.2 Å². The summed E-state index contributed by atoms with van der Waals surface area (Å²) in [6.07, 6.45) is 0.455. The number of amides is 3. The molecule has 0 spiro atoms. The van der Waals surface area contributed by atoms with E-state index in [4.69, 9.17) is 4.74 Å². The topological polar surface area (TPSA) is 105 Å². The summed E-state index contributed by atoms with van der Waals surface area (Å²) in [6.45, 7) is 7.96. The molecular formula is C31H37N3O5S. The fourth-order valence-electron chi connectivity index (χ4n) is 4.93. The average Bonchev–Trinajstić information content (AvgIpc) is 3.61. The summed E-state index contributed by atoms with van der Waals surface area (Å²) in [5, 5.41) is 6.64. The van der Waals surface area contributed by atoms with Crippen LogP contribution in [0.3, 0.4) is 0 Å². The van der Waals surface area contributed by atoms with Crippen LogP contribution in [0.4, 0.5) is 4.79 Å². The number of carbonyl (C=O) groups is 4. The average molecular weight is 564 g/mol. The SMILES string of the molecule is CC(C)[C@H](NC(=O)[C@@H]1CCCN1C(=O)[C@@H](NC(=O)OCc1ccccc1)C(C)C)C(=O)c1cc2ccccc2s1. The largest absolute Gasteiger partial charge is 0.445 e. The van der Waals surface area contributed by atoms with Gasteiger partial charge < -0.3 is 20.3 Å². The quantitative estimate of drug-likeness (QED) is 0.331. The highest BCUT2D eigenvalue weighted by Gasteiger charge is 2.40. The molecule has 0 bridgehead atoms. The molecular weight excluding hydrogens is 526 g/mol. The van der Waals surface area contributed by atoms with Gasteiger partial charge in [0.15, 0.2) is 5.78 Å². The van der Waals surface area contributed by atoms with Crippen molar-refractivity contribution < 1.29 is 23.9 Å². The molecule has 1 saturated heterocycles. The fraction of sp³-hybridized carbons (Fsp3) is 0.419. The van der Waals surface area contributed by atoms with Crippen LogP contribution in [0.5, 0.6) is 0 Å². The minimum absolute atomic E-state index is 0.0881. The molecule has 2 heterocycles. The van der Waals surface area contributed by atoms with Crippen molar-refractivity contribution in [1.29, 1.82) is 0 Å². The zero-order valence-electron chi connectivity index (χ0n) is 23.4. The summed E-state index contributed by atoms with van der Waals surface area (Å²) in [4.78, 5) is 55.2. The van der Waals surface area contributed by atoms with Gasteiger partial charge in [0.1, 0.15) is 18.7 Å². The van der Waals surface area contributed by atoms with Crippen LogP contribution < -0.4 is 10.6 Å². The molecule has 0 unspecified atom stereocenters. The van der Waals surface area contributed by atoms with Crippen molar-refractivity contribution in [2.24, 2.45) is 11.8 Å². The first-order chi connectivity index (χ1) is 19.2. The molecule has 1 aliphatic heterocycles. The highest BCUT2D eigenvalue weighted by molar-refractivity contribution is 7.20. The van der Waals surface area contributed by atoms with Crippen LogP contribution in [0.1, 0.15) is 55.8 Å². The number of benzene rings is 2. The summed E-state index contributed by atoms with van der Waals surface area (Å²) < 4.78 is 6.34. The molecule has 3 amide bonds. The molecule has 2 aromatic carbocycles. The van der Waals surface area contributed by atoms with Crippen molar-refractivity contribution >= 4 is 45.1 Å². The van der Waals surface area contributed by atoms with E-state index in [1.54, 1.807) is 0 Å².